The van der Waals surface area contributed by atoms with E-state index in [1.54, 1.807) is 18.3 Å². The Hall–Kier alpha value is -2.56. The second-order valence-electron chi connectivity index (χ2n) is 7.16. The van der Waals surface area contributed by atoms with Crippen molar-refractivity contribution >= 4 is 34.9 Å². The first-order chi connectivity index (χ1) is 14.0. The quantitative estimate of drug-likeness (QED) is 0.337. The molecule has 30 heavy (non-hydrogen) atoms. The van der Waals surface area contributed by atoms with Crippen molar-refractivity contribution in [2.24, 2.45) is 0 Å². The van der Waals surface area contributed by atoms with Gasteiger partial charge in [0.15, 0.2) is 0 Å². The van der Waals surface area contributed by atoms with Crippen molar-refractivity contribution < 1.29 is 9.13 Å². The Labute approximate surface area is 186 Å². The highest BCUT2D eigenvalue weighted by atomic mass is 35.5. The van der Waals surface area contributed by atoms with Gasteiger partial charge in [-0.3, -0.25) is 0 Å². The Kier molecular flexibility index (Phi) is 7.01. The highest BCUT2D eigenvalue weighted by molar-refractivity contribution is 6.30. The van der Waals surface area contributed by atoms with E-state index in [2.05, 4.69) is 29.5 Å². The summed E-state index contributed by atoms with van der Waals surface area (Å²) in [5.41, 5.74) is 5.53. The minimum atomic E-state index is -0.231. The van der Waals surface area contributed by atoms with E-state index in [4.69, 9.17) is 16.3 Å². The third-order valence-electron chi connectivity index (χ3n) is 5.28. The van der Waals surface area contributed by atoms with E-state index >= 15 is 0 Å². The molecule has 3 nitrogen and oxygen atoms in total. The summed E-state index contributed by atoms with van der Waals surface area (Å²) in [7, 11) is 0. The Balaban J connectivity index is 0.00000256. The molecule has 0 aliphatic rings. The topological polar surface area (TPSA) is 27.1 Å². The van der Waals surface area contributed by atoms with Crippen LogP contribution in [0.15, 0.2) is 60.8 Å². The molecule has 0 saturated carbocycles. The van der Waals surface area contributed by atoms with Crippen molar-refractivity contribution in [3.63, 3.8) is 0 Å². The summed E-state index contributed by atoms with van der Waals surface area (Å²) >= 11 is 6.17. The van der Waals surface area contributed by atoms with E-state index < -0.39 is 0 Å². The SMILES string of the molecule is Cc1c(C)n(Cc2cccc(Cl)c2)c2c(OCCc3ccc(F)cc3)nccc12.Cl. The molecule has 2 aromatic carbocycles. The van der Waals surface area contributed by atoms with Crippen molar-refractivity contribution in [2.45, 2.75) is 26.8 Å². The number of hydrogen-bond acceptors (Lipinski definition) is 2. The predicted octanol–water partition coefficient (Wildman–Crippen LogP) is 6.54. The summed E-state index contributed by atoms with van der Waals surface area (Å²) in [6.45, 7) is 5.39. The fraction of sp³-hybridized carbons (Fsp3) is 0.208. The first kappa shape index (κ1) is 22.1. The maximum Gasteiger partial charge on any atom is 0.238 e. The summed E-state index contributed by atoms with van der Waals surface area (Å²) in [6, 6.07) is 16.4. The molecule has 0 amide bonds. The smallest absolute Gasteiger partial charge is 0.238 e. The largest absolute Gasteiger partial charge is 0.476 e. The molecule has 0 aliphatic heterocycles. The minimum absolute atomic E-state index is 0. The molecule has 0 radical (unpaired) electrons. The van der Waals surface area contributed by atoms with Gasteiger partial charge in [-0.1, -0.05) is 35.9 Å². The van der Waals surface area contributed by atoms with E-state index in [0.29, 0.717) is 25.5 Å². The Morgan fingerprint density at radius 1 is 1.03 bits per heavy atom. The fourth-order valence-corrected chi connectivity index (χ4v) is 3.81. The highest BCUT2D eigenvalue weighted by Crippen LogP contribution is 2.31. The number of aryl methyl sites for hydroxylation is 1. The molecule has 4 aromatic rings. The number of aromatic nitrogens is 2. The highest BCUT2D eigenvalue weighted by Gasteiger charge is 2.16. The molecule has 0 spiro atoms. The molecule has 2 aromatic heterocycles. The number of benzene rings is 2. The summed E-state index contributed by atoms with van der Waals surface area (Å²) < 4.78 is 21.4. The predicted molar refractivity (Wildman–Crippen MR) is 123 cm³/mol. The lowest BCUT2D eigenvalue weighted by molar-refractivity contribution is 0.312. The molecule has 0 N–H and O–H groups in total. The third kappa shape index (κ3) is 4.61. The number of pyridine rings is 1. The van der Waals surface area contributed by atoms with Gasteiger partial charge in [-0.2, -0.15) is 0 Å². The fourth-order valence-electron chi connectivity index (χ4n) is 3.60. The van der Waals surface area contributed by atoms with Crippen LogP contribution in [0, 0.1) is 19.7 Å². The number of fused-ring (bicyclic) bond motifs is 1. The van der Waals surface area contributed by atoms with Crippen LogP contribution in [-0.4, -0.2) is 16.2 Å². The lowest BCUT2D eigenvalue weighted by atomic mass is 10.1. The molecule has 0 fully saturated rings. The van der Waals surface area contributed by atoms with Gasteiger partial charge in [-0.25, -0.2) is 9.37 Å². The average Bonchev–Trinajstić information content (AvgIpc) is 2.95. The van der Waals surface area contributed by atoms with Gasteiger partial charge in [0, 0.05) is 35.3 Å². The second kappa shape index (κ2) is 9.50. The Morgan fingerprint density at radius 3 is 2.53 bits per heavy atom. The van der Waals surface area contributed by atoms with E-state index in [9.17, 15) is 4.39 Å². The van der Waals surface area contributed by atoms with Crippen LogP contribution in [0.4, 0.5) is 4.39 Å². The van der Waals surface area contributed by atoms with E-state index in [0.717, 1.165) is 27.1 Å². The van der Waals surface area contributed by atoms with Gasteiger partial charge in [0.2, 0.25) is 5.88 Å². The molecule has 2 heterocycles. The first-order valence-corrected chi connectivity index (χ1v) is 9.97. The number of nitrogens with zero attached hydrogens (tertiary/aromatic N) is 2. The van der Waals surface area contributed by atoms with Crippen LogP contribution in [0.2, 0.25) is 5.02 Å². The molecule has 0 saturated heterocycles. The monoisotopic (exact) mass is 444 g/mol. The zero-order chi connectivity index (χ0) is 20.4. The van der Waals surface area contributed by atoms with Crippen LogP contribution in [0.5, 0.6) is 5.88 Å². The van der Waals surface area contributed by atoms with E-state index in [1.165, 1.54) is 23.4 Å². The first-order valence-electron chi connectivity index (χ1n) is 9.59. The zero-order valence-electron chi connectivity index (χ0n) is 16.9. The van der Waals surface area contributed by atoms with Crippen LogP contribution >= 0.6 is 24.0 Å². The summed E-state index contributed by atoms with van der Waals surface area (Å²) in [5, 5.41) is 1.86. The number of ether oxygens (including phenoxy) is 1. The van der Waals surface area contributed by atoms with E-state index in [-0.39, 0.29) is 18.2 Å². The van der Waals surface area contributed by atoms with Gasteiger partial charge in [0.05, 0.1) is 6.61 Å². The van der Waals surface area contributed by atoms with Crippen LogP contribution < -0.4 is 4.74 Å². The number of rotatable bonds is 6. The Morgan fingerprint density at radius 2 is 1.80 bits per heavy atom. The molecule has 6 heteroatoms. The van der Waals surface area contributed by atoms with Gasteiger partial charge in [-0.15, -0.1) is 12.4 Å². The maximum atomic E-state index is 13.1. The van der Waals surface area contributed by atoms with Crippen LogP contribution in [0.1, 0.15) is 22.4 Å². The van der Waals surface area contributed by atoms with Crippen LogP contribution in [0.25, 0.3) is 10.9 Å². The molecular formula is C24H23Cl2FN2O. The molecule has 0 aliphatic carbocycles. The van der Waals surface area contributed by atoms with Gasteiger partial charge in [-0.05, 0) is 60.9 Å². The average molecular weight is 445 g/mol. The lowest BCUT2D eigenvalue weighted by Gasteiger charge is -2.12. The summed E-state index contributed by atoms with van der Waals surface area (Å²) in [5.74, 6) is 0.383. The van der Waals surface area contributed by atoms with Crippen LogP contribution in [-0.2, 0) is 13.0 Å². The third-order valence-corrected chi connectivity index (χ3v) is 5.52. The molecule has 0 atom stereocenters. The second-order valence-corrected chi connectivity index (χ2v) is 7.60. The normalized spacial score (nSPS) is 10.8. The van der Waals surface area contributed by atoms with E-state index in [1.807, 2.05) is 24.3 Å². The minimum Gasteiger partial charge on any atom is -0.476 e. The zero-order valence-corrected chi connectivity index (χ0v) is 18.4. The molecular weight excluding hydrogens is 422 g/mol. The van der Waals surface area contributed by atoms with Crippen molar-refractivity contribution in [3.8, 4) is 5.88 Å². The molecule has 156 valence electrons. The standard InChI is InChI=1S/C24H22ClFN2O.ClH/c1-16-17(2)28(15-19-4-3-5-20(25)14-19)23-22(16)10-12-27-24(23)29-13-11-18-6-8-21(26)9-7-18;/h3-10,12,14H,11,13,15H2,1-2H3;1H. The van der Waals surface area contributed by atoms with Crippen molar-refractivity contribution in [3.05, 3.63) is 94.0 Å². The van der Waals surface area contributed by atoms with Crippen LogP contribution in [0.3, 0.4) is 0 Å². The lowest BCUT2D eigenvalue weighted by Crippen LogP contribution is -2.07. The number of halogens is 3. The van der Waals surface area contributed by atoms with Crippen molar-refractivity contribution in [1.29, 1.82) is 0 Å². The summed E-state index contributed by atoms with van der Waals surface area (Å²) in [4.78, 5) is 4.50. The van der Waals surface area contributed by atoms with Gasteiger partial charge in [0.1, 0.15) is 11.3 Å². The number of hydrogen-bond donors (Lipinski definition) is 0. The maximum absolute atomic E-state index is 13.1. The molecule has 0 bridgehead atoms. The summed E-state index contributed by atoms with van der Waals surface area (Å²) in [6.07, 6.45) is 2.47. The molecule has 4 rings (SSSR count). The van der Waals surface area contributed by atoms with Crippen molar-refractivity contribution in [1.82, 2.24) is 9.55 Å². The van der Waals surface area contributed by atoms with Gasteiger partial charge >= 0.3 is 0 Å². The van der Waals surface area contributed by atoms with Gasteiger partial charge in [0.25, 0.3) is 0 Å². The molecule has 0 unspecified atom stereocenters. The Bertz CT molecular complexity index is 1160. The van der Waals surface area contributed by atoms with Gasteiger partial charge < -0.3 is 9.30 Å². The van der Waals surface area contributed by atoms with Crippen molar-refractivity contribution in [2.75, 3.05) is 6.61 Å².